The van der Waals surface area contributed by atoms with Crippen LogP contribution in [0.25, 0.3) is 0 Å². The third kappa shape index (κ3) is 10.3. The Morgan fingerprint density at radius 1 is 1.16 bits per heavy atom. The van der Waals surface area contributed by atoms with Gasteiger partial charge in [-0.2, -0.15) is 0 Å². The Hall–Kier alpha value is -0.120. The molecule has 0 saturated carbocycles. The summed E-state index contributed by atoms with van der Waals surface area (Å²) in [7, 11) is 0. The van der Waals surface area contributed by atoms with Crippen LogP contribution in [0.15, 0.2) is 0 Å². The van der Waals surface area contributed by atoms with Crippen LogP contribution in [0, 0.1) is 5.92 Å². The lowest BCUT2D eigenvalue weighted by molar-refractivity contribution is -0.0411. The molecule has 0 aromatic carbocycles. The van der Waals surface area contributed by atoms with Crippen LogP contribution >= 0.6 is 0 Å². The fraction of sp³-hybridized carbons (Fsp3) is 1.00. The molecule has 0 spiro atoms. The number of hydrogen-bond donors (Lipinski definition) is 1. The Bertz CT molecular complexity index is 191. The molecule has 1 heterocycles. The molecule has 1 saturated heterocycles. The number of ether oxygens (including phenoxy) is 2. The molecule has 0 aliphatic carbocycles. The summed E-state index contributed by atoms with van der Waals surface area (Å²) in [5.74, 6) is 0.760. The normalized spacial score (nSPS) is 20.1. The molecule has 1 fully saturated rings. The van der Waals surface area contributed by atoms with Gasteiger partial charge in [0.25, 0.3) is 0 Å². The van der Waals surface area contributed by atoms with Crippen molar-refractivity contribution in [2.75, 3.05) is 32.9 Å². The molecule has 114 valence electrons. The van der Waals surface area contributed by atoms with Gasteiger partial charge in [-0.25, -0.2) is 0 Å². The lowest BCUT2D eigenvalue weighted by atomic mass is 10.1. The van der Waals surface area contributed by atoms with Gasteiger partial charge in [0.1, 0.15) is 0 Å². The highest BCUT2D eigenvalue weighted by Gasteiger charge is 2.13. The molecule has 1 N–H and O–H groups in total. The Balaban J connectivity index is 1.73. The van der Waals surface area contributed by atoms with E-state index in [0.717, 1.165) is 38.8 Å². The van der Waals surface area contributed by atoms with E-state index in [-0.39, 0.29) is 0 Å². The lowest BCUT2D eigenvalue weighted by Gasteiger charge is -2.22. The maximum absolute atomic E-state index is 5.69. The summed E-state index contributed by atoms with van der Waals surface area (Å²) < 4.78 is 11.3. The third-order valence-electron chi connectivity index (χ3n) is 3.52. The highest BCUT2D eigenvalue weighted by Crippen LogP contribution is 2.12. The fourth-order valence-electron chi connectivity index (χ4n) is 2.35. The first-order chi connectivity index (χ1) is 9.29. The summed E-state index contributed by atoms with van der Waals surface area (Å²) in [6, 6.07) is 0. The van der Waals surface area contributed by atoms with Crippen molar-refractivity contribution < 1.29 is 9.47 Å². The van der Waals surface area contributed by atoms with Gasteiger partial charge in [0.05, 0.1) is 12.7 Å². The first kappa shape index (κ1) is 16.9. The van der Waals surface area contributed by atoms with Gasteiger partial charge in [0.15, 0.2) is 0 Å². The van der Waals surface area contributed by atoms with Crippen molar-refractivity contribution in [2.45, 2.75) is 64.9 Å². The van der Waals surface area contributed by atoms with E-state index in [4.69, 9.17) is 9.47 Å². The van der Waals surface area contributed by atoms with Gasteiger partial charge >= 0.3 is 0 Å². The van der Waals surface area contributed by atoms with Crippen LogP contribution in [0.5, 0.6) is 0 Å². The SMILES string of the molecule is CC(C)CNCCCCCCOCC1CCCCO1. The van der Waals surface area contributed by atoms with Crippen LogP contribution in [0.4, 0.5) is 0 Å². The third-order valence-corrected chi connectivity index (χ3v) is 3.52. The Labute approximate surface area is 119 Å². The highest BCUT2D eigenvalue weighted by atomic mass is 16.5. The van der Waals surface area contributed by atoms with E-state index < -0.39 is 0 Å². The van der Waals surface area contributed by atoms with Crippen molar-refractivity contribution in [3.8, 4) is 0 Å². The topological polar surface area (TPSA) is 30.5 Å². The predicted molar refractivity (Wildman–Crippen MR) is 80.6 cm³/mol. The van der Waals surface area contributed by atoms with Crippen LogP contribution in [0.1, 0.15) is 58.8 Å². The molecule has 1 rings (SSSR count). The molecule has 3 heteroatoms. The summed E-state index contributed by atoms with van der Waals surface area (Å²) >= 11 is 0. The molecule has 0 aromatic heterocycles. The predicted octanol–water partition coefficient (Wildman–Crippen LogP) is 3.38. The van der Waals surface area contributed by atoms with Crippen LogP contribution in [0.3, 0.4) is 0 Å². The van der Waals surface area contributed by atoms with E-state index in [0.29, 0.717) is 6.10 Å². The Kier molecular flexibility index (Phi) is 10.4. The van der Waals surface area contributed by atoms with Crippen molar-refractivity contribution >= 4 is 0 Å². The minimum atomic E-state index is 0.369. The molecule has 0 amide bonds. The summed E-state index contributed by atoms with van der Waals surface area (Å²) in [4.78, 5) is 0. The van der Waals surface area contributed by atoms with E-state index in [1.807, 2.05) is 0 Å². The first-order valence-corrected chi connectivity index (χ1v) is 8.19. The zero-order valence-electron chi connectivity index (χ0n) is 13.0. The molecule has 1 unspecified atom stereocenters. The van der Waals surface area contributed by atoms with Gasteiger partial charge in [-0.1, -0.05) is 26.7 Å². The average molecular weight is 271 g/mol. The van der Waals surface area contributed by atoms with Crippen molar-refractivity contribution in [3.63, 3.8) is 0 Å². The van der Waals surface area contributed by atoms with Gasteiger partial charge in [0.2, 0.25) is 0 Å². The molecule has 1 aliphatic heterocycles. The summed E-state index contributed by atoms with van der Waals surface area (Å²) in [6.07, 6.45) is 9.16. The molecule has 0 bridgehead atoms. The van der Waals surface area contributed by atoms with Crippen LogP contribution in [-0.4, -0.2) is 39.0 Å². The largest absolute Gasteiger partial charge is 0.379 e. The molecule has 1 aliphatic rings. The molecule has 3 nitrogen and oxygen atoms in total. The Morgan fingerprint density at radius 2 is 2.00 bits per heavy atom. The second-order valence-corrected chi connectivity index (χ2v) is 6.08. The molecular formula is C16H33NO2. The molecule has 0 aromatic rings. The maximum Gasteiger partial charge on any atom is 0.0808 e. The second kappa shape index (κ2) is 11.7. The van der Waals surface area contributed by atoms with Crippen molar-refractivity contribution in [1.29, 1.82) is 0 Å². The molecule has 1 atom stereocenters. The average Bonchev–Trinajstić information content (AvgIpc) is 2.42. The monoisotopic (exact) mass is 271 g/mol. The van der Waals surface area contributed by atoms with Crippen LogP contribution in [0.2, 0.25) is 0 Å². The quantitative estimate of drug-likeness (QED) is 0.584. The number of unbranched alkanes of at least 4 members (excludes halogenated alkanes) is 3. The Morgan fingerprint density at radius 3 is 2.74 bits per heavy atom. The van der Waals surface area contributed by atoms with E-state index in [1.165, 1.54) is 44.9 Å². The lowest BCUT2D eigenvalue weighted by Crippen LogP contribution is -2.24. The minimum absolute atomic E-state index is 0.369. The van der Waals surface area contributed by atoms with Crippen molar-refractivity contribution in [3.05, 3.63) is 0 Å². The molecule has 19 heavy (non-hydrogen) atoms. The van der Waals surface area contributed by atoms with Gasteiger partial charge < -0.3 is 14.8 Å². The number of hydrogen-bond acceptors (Lipinski definition) is 3. The van der Waals surface area contributed by atoms with Crippen molar-refractivity contribution in [1.82, 2.24) is 5.32 Å². The van der Waals surface area contributed by atoms with Gasteiger partial charge in [0, 0.05) is 13.2 Å². The van der Waals surface area contributed by atoms with Crippen LogP contribution in [-0.2, 0) is 9.47 Å². The fourth-order valence-corrected chi connectivity index (χ4v) is 2.35. The van der Waals surface area contributed by atoms with Crippen molar-refractivity contribution in [2.24, 2.45) is 5.92 Å². The zero-order chi connectivity index (χ0) is 13.8. The molecule has 0 radical (unpaired) electrons. The maximum atomic E-state index is 5.69. The standard InChI is InChI=1S/C16H33NO2/c1-15(2)13-17-10-6-3-4-7-11-18-14-16-9-5-8-12-19-16/h15-17H,3-14H2,1-2H3. The van der Waals surface area contributed by atoms with E-state index in [2.05, 4.69) is 19.2 Å². The van der Waals surface area contributed by atoms with E-state index in [1.54, 1.807) is 0 Å². The summed E-state index contributed by atoms with van der Waals surface area (Å²) in [5, 5.41) is 3.48. The second-order valence-electron chi connectivity index (χ2n) is 6.08. The number of rotatable bonds is 11. The summed E-state index contributed by atoms with van der Waals surface area (Å²) in [5.41, 5.74) is 0. The zero-order valence-corrected chi connectivity index (χ0v) is 13.0. The smallest absolute Gasteiger partial charge is 0.0808 e. The van der Waals surface area contributed by atoms with Gasteiger partial charge in [-0.15, -0.1) is 0 Å². The number of nitrogens with one attached hydrogen (secondary N) is 1. The minimum Gasteiger partial charge on any atom is -0.379 e. The highest BCUT2D eigenvalue weighted by molar-refractivity contribution is 4.62. The van der Waals surface area contributed by atoms with Gasteiger partial charge in [-0.3, -0.25) is 0 Å². The van der Waals surface area contributed by atoms with E-state index in [9.17, 15) is 0 Å². The van der Waals surface area contributed by atoms with E-state index >= 15 is 0 Å². The van der Waals surface area contributed by atoms with Gasteiger partial charge in [-0.05, 0) is 51.1 Å². The summed E-state index contributed by atoms with van der Waals surface area (Å²) in [6.45, 7) is 9.44. The first-order valence-electron chi connectivity index (χ1n) is 8.19. The van der Waals surface area contributed by atoms with Crippen LogP contribution < -0.4 is 5.32 Å². The molecular weight excluding hydrogens is 238 g/mol.